The zero-order valence-corrected chi connectivity index (χ0v) is 14.0. The van der Waals surface area contributed by atoms with Crippen molar-refractivity contribution < 1.29 is 29.7 Å². The number of rotatable bonds is 2. The summed E-state index contributed by atoms with van der Waals surface area (Å²) < 4.78 is 0. The Morgan fingerprint density at radius 3 is 1.87 bits per heavy atom. The van der Waals surface area contributed by atoms with Crippen LogP contribution in [0.3, 0.4) is 0 Å². The number of aliphatic hydroxyl groups excluding tert-OH is 1. The van der Waals surface area contributed by atoms with Crippen molar-refractivity contribution in [3.05, 3.63) is 0 Å². The van der Waals surface area contributed by atoms with Gasteiger partial charge in [0.15, 0.2) is 0 Å². The Balaban J connectivity index is 0. The van der Waals surface area contributed by atoms with Gasteiger partial charge in [0.05, 0.1) is 0 Å². The maximum Gasteiger partial charge on any atom is 0.320 e. The summed E-state index contributed by atoms with van der Waals surface area (Å²) in [5.41, 5.74) is 0. The number of aliphatic carboxylic acids is 2. The van der Waals surface area contributed by atoms with Crippen molar-refractivity contribution in [1.29, 1.82) is 0 Å². The van der Waals surface area contributed by atoms with Gasteiger partial charge in [0.2, 0.25) is 0 Å². The van der Waals surface area contributed by atoms with Crippen molar-refractivity contribution in [2.75, 3.05) is 27.2 Å². The van der Waals surface area contributed by atoms with E-state index in [4.69, 9.17) is 20.1 Å². The van der Waals surface area contributed by atoms with E-state index in [1.807, 2.05) is 18.7 Å². The standard InChI is InChI=1S/C7H13NO2.C6H11NO2.CH4O.CH2O/c1-8-5-3-2-4-6(8)7(9)10;8-6(9)5-3-1-2-4-7-5;2*1-2/h6H,2-5H2,1H3,(H,9,10);5,7H,1-4H2,(H,8,9);2H,1H3;1H2. The van der Waals surface area contributed by atoms with E-state index < -0.39 is 11.9 Å². The number of likely N-dealkylation sites (N-methyl/N-ethyl adjacent to an activating group) is 1. The molecule has 0 spiro atoms. The predicted octanol–water partition coefficient (Wildman–Crippen LogP) is 0.192. The minimum Gasteiger partial charge on any atom is -0.480 e. The summed E-state index contributed by atoms with van der Waals surface area (Å²) in [4.78, 5) is 30.7. The molecule has 4 N–H and O–H groups in total. The van der Waals surface area contributed by atoms with Gasteiger partial charge in [0.1, 0.15) is 18.9 Å². The first-order valence-electron chi connectivity index (χ1n) is 7.65. The number of carboxylic acid groups (broad SMARTS) is 2. The second-order valence-corrected chi connectivity index (χ2v) is 5.17. The highest BCUT2D eigenvalue weighted by Crippen LogP contribution is 2.14. The summed E-state index contributed by atoms with van der Waals surface area (Å²) in [6, 6.07) is -0.507. The van der Waals surface area contributed by atoms with Crippen LogP contribution < -0.4 is 5.32 Å². The zero-order chi connectivity index (χ0) is 18.3. The second kappa shape index (κ2) is 15.4. The number of hydrogen-bond donors (Lipinski definition) is 4. The van der Waals surface area contributed by atoms with E-state index in [9.17, 15) is 9.59 Å². The van der Waals surface area contributed by atoms with Gasteiger partial charge in [-0.15, -0.1) is 0 Å². The van der Waals surface area contributed by atoms with Crippen LogP contribution in [-0.2, 0) is 14.4 Å². The van der Waals surface area contributed by atoms with Gasteiger partial charge in [-0.3, -0.25) is 14.5 Å². The average molecular weight is 334 g/mol. The number of piperidine rings is 2. The number of carbonyl (C=O) groups is 3. The number of nitrogens with zero attached hydrogens (tertiary/aromatic N) is 1. The lowest BCUT2D eigenvalue weighted by Gasteiger charge is -2.28. The smallest absolute Gasteiger partial charge is 0.320 e. The Kier molecular flexibility index (Phi) is 15.9. The molecule has 136 valence electrons. The maximum absolute atomic E-state index is 10.5. The molecular weight excluding hydrogens is 304 g/mol. The molecule has 0 aromatic rings. The van der Waals surface area contributed by atoms with Crippen LogP contribution in [-0.4, -0.2) is 78.3 Å². The fourth-order valence-corrected chi connectivity index (χ4v) is 2.45. The predicted molar refractivity (Wildman–Crippen MR) is 86.4 cm³/mol. The van der Waals surface area contributed by atoms with Crippen LogP contribution in [0.1, 0.15) is 38.5 Å². The van der Waals surface area contributed by atoms with Crippen molar-refractivity contribution >= 4 is 18.7 Å². The number of carbonyl (C=O) groups excluding carboxylic acids is 1. The quantitative estimate of drug-likeness (QED) is 0.564. The van der Waals surface area contributed by atoms with Crippen molar-refractivity contribution in [2.45, 2.75) is 50.6 Å². The van der Waals surface area contributed by atoms with Gasteiger partial charge in [0, 0.05) is 7.11 Å². The fourth-order valence-electron chi connectivity index (χ4n) is 2.45. The number of aliphatic hydroxyl groups is 1. The van der Waals surface area contributed by atoms with Crippen LogP contribution in [0.5, 0.6) is 0 Å². The Hall–Kier alpha value is -1.51. The van der Waals surface area contributed by atoms with Crippen LogP contribution in [0.25, 0.3) is 0 Å². The van der Waals surface area contributed by atoms with Crippen molar-refractivity contribution in [3.63, 3.8) is 0 Å². The molecule has 23 heavy (non-hydrogen) atoms. The SMILES string of the molecule is C=O.CN1CCCCC1C(=O)O.CO.O=C(O)C1CCCCN1. The molecule has 8 heteroatoms. The van der Waals surface area contributed by atoms with E-state index in [-0.39, 0.29) is 12.1 Å². The molecule has 2 atom stereocenters. The van der Waals surface area contributed by atoms with Crippen LogP contribution in [0.2, 0.25) is 0 Å². The molecule has 0 radical (unpaired) electrons. The first-order valence-corrected chi connectivity index (χ1v) is 7.65. The number of hydrogen-bond acceptors (Lipinski definition) is 6. The minimum absolute atomic E-state index is 0.228. The largest absolute Gasteiger partial charge is 0.480 e. The lowest BCUT2D eigenvalue weighted by atomic mass is 10.0. The number of nitrogens with one attached hydrogen (secondary N) is 1. The monoisotopic (exact) mass is 334 g/mol. The molecule has 8 nitrogen and oxygen atoms in total. The highest BCUT2D eigenvalue weighted by molar-refractivity contribution is 5.73. The molecule has 2 rings (SSSR count). The summed E-state index contributed by atoms with van der Waals surface area (Å²) in [7, 11) is 2.87. The number of likely N-dealkylation sites (tertiary alicyclic amines) is 1. The lowest BCUT2D eigenvalue weighted by Crippen LogP contribution is -2.41. The molecule has 0 aromatic heterocycles. The third-order valence-electron chi connectivity index (χ3n) is 3.66. The third-order valence-corrected chi connectivity index (χ3v) is 3.66. The minimum atomic E-state index is -0.713. The summed E-state index contributed by atoms with van der Waals surface area (Å²) in [6.07, 6.45) is 5.95. The summed E-state index contributed by atoms with van der Waals surface area (Å²) in [6.45, 7) is 3.79. The molecule has 2 saturated heterocycles. The van der Waals surface area contributed by atoms with E-state index in [2.05, 4.69) is 5.32 Å². The van der Waals surface area contributed by atoms with E-state index >= 15 is 0 Å². The van der Waals surface area contributed by atoms with Crippen LogP contribution in [0.15, 0.2) is 0 Å². The topological polar surface area (TPSA) is 127 Å². The van der Waals surface area contributed by atoms with E-state index in [0.717, 1.165) is 58.7 Å². The Bertz CT molecular complexity index is 321. The third kappa shape index (κ3) is 10.8. The van der Waals surface area contributed by atoms with Crippen molar-refractivity contribution in [1.82, 2.24) is 10.2 Å². The average Bonchev–Trinajstić information content (AvgIpc) is 2.60. The first kappa shape index (κ1) is 23.8. The highest BCUT2D eigenvalue weighted by Gasteiger charge is 2.24. The van der Waals surface area contributed by atoms with Gasteiger partial charge < -0.3 is 25.4 Å². The summed E-state index contributed by atoms with van der Waals surface area (Å²) >= 11 is 0. The Morgan fingerprint density at radius 2 is 1.57 bits per heavy atom. The maximum atomic E-state index is 10.5. The molecule has 0 aromatic carbocycles. The highest BCUT2D eigenvalue weighted by atomic mass is 16.4. The summed E-state index contributed by atoms with van der Waals surface area (Å²) in [5, 5.41) is 27.1. The van der Waals surface area contributed by atoms with Gasteiger partial charge in [0.25, 0.3) is 0 Å². The molecule has 0 aliphatic carbocycles. The lowest BCUT2D eigenvalue weighted by molar-refractivity contribution is -0.144. The molecule has 0 amide bonds. The normalized spacial score (nSPS) is 23.6. The van der Waals surface area contributed by atoms with Crippen molar-refractivity contribution in [2.24, 2.45) is 0 Å². The second-order valence-electron chi connectivity index (χ2n) is 5.17. The molecule has 2 aliphatic heterocycles. The van der Waals surface area contributed by atoms with Gasteiger partial charge >= 0.3 is 11.9 Å². The molecule has 0 saturated carbocycles. The molecule has 0 bridgehead atoms. The zero-order valence-electron chi connectivity index (χ0n) is 14.0. The van der Waals surface area contributed by atoms with E-state index in [1.54, 1.807) is 0 Å². The van der Waals surface area contributed by atoms with Crippen LogP contribution in [0.4, 0.5) is 0 Å². The fraction of sp³-hybridized carbons (Fsp3) is 0.800. The van der Waals surface area contributed by atoms with Crippen LogP contribution >= 0.6 is 0 Å². The van der Waals surface area contributed by atoms with Gasteiger partial charge in [-0.25, -0.2) is 0 Å². The molecule has 2 aliphatic rings. The van der Waals surface area contributed by atoms with Gasteiger partial charge in [-0.1, -0.05) is 12.8 Å². The first-order chi connectivity index (χ1) is 11.0. The summed E-state index contributed by atoms with van der Waals surface area (Å²) in [5.74, 6) is -1.39. The Labute approximate surface area is 137 Å². The van der Waals surface area contributed by atoms with E-state index in [1.165, 1.54) is 0 Å². The van der Waals surface area contributed by atoms with Gasteiger partial charge in [-0.05, 0) is 45.8 Å². The number of carboxylic acids is 2. The molecule has 2 heterocycles. The van der Waals surface area contributed by atoms with Crippen molar-refractivity contribution in [3.8, 4) is 0 Å². The Morgan fingerprint density at radius 1 is 1.00 bits per heavy atom. The molecule has 2 fully saturated rings. The van der Waals surface area contributed by atoms with E-state index in [0.29, 0.717) is 0 Å². The molecular formula is C15H30N2O6. The van der Waals surface area contributed by atoms with Gasteiger partial charge in [-0.2, -0.15) is 0 Å². The van der Waals surface area contributed by atoms with Crippen LogP contribution in [0, 0.1) is 0 Å². The molecule has 2 unspecified atom stereocenters.